The van der Waals surface area contributed by atoms with Crippen molar-refractivity contribution < 1.29 is 0 Å². The molecule has 24 heavy (non-hydrogen) atoms. The highest BCUT2D eigenvalue weighted by Crippen LogP contribution is 2.44. The maximum atomic E-state index is 9.60. The highest BCUT2D eigenvalue weighted by atomic mass is 32.1. The van der Waals surface area contributed by atoms with E-state index in [4.69, 9.17) is 11.5 Å². The standard InChI is InChI=1S/C17H10N6S/c18-5-9-13(10-7-22-11-4-2-1-3-8(10)11)14-15(20)12(6-19)24-17(14)23-16(9)21/h1-4,7,22H,20H2,(H2,21,23). The fraction of sp³-hybridized carbons (Fsp3) is 0. The van der Waals surface area contributed by atoms with E-state index in [1.54, 1.807) is 0 Å². The summed E-state index contributed by atoms with van der Waals surface area (Å²) in [5.41, 5.74) is 15.1. The lowest BCUT2D eigenvalue weighted by atomic mass is 9.97. The number of hydrogen-bond acceptors (Lipinski definition) is 6. The van der Waals surface area contributed by atoms with E-state index in [0.29, 0.717) is 26.3 Å². The third kappa shape index (κ3) is 1.76. The van der Waals surface area contributed by atoms with E-state index in [1.807, 2.05) is 30.5 Å². The minimum atomic E-state index is 0.135. The molecule has 7 heteroatoms. The zero-order valence-electron chi connectivity index (χ0n) is 12.3. The number of fused-ring (bicyclic) bond motifs is 2. The second kappa shape index (κ2) is 4.98. The van der Waals surface area contributed by atoms with Crippen LogP contribution in [0.4, 0.5) is 11.5 Å². The Morgan fingerprint density at radius 2 is 1.92 bits per heavy atom. The maximum Gasteiger partial charge on any atom is 0.143 e. The summed E-state index contributed by atoms with van der Waals surface area (Å²) in [7, 11) is 0. The summed E-state index contributed by atoms with van der Waals surface area (Å²) in [6.07, 6.45) is 1.82. The van der Waals surface area contributed by atoms with E-state index < -0.39 is 0 Å². The smallest absolute Gasteiger partial charge is 0.143 e. The summed E-state index contributed by atoms with van der Waals surface area (Å²) in [6, 6.07) is 12.0. The number of aromatic amines is 1. The quantitative estimate of drug-likeness (QED) is 0.493. The lowest BCUT2D eigenvalue weighted by Crippen LogP contribution is -1.99. The SMILES string of the molecule is N#Cc1sc2nc(N)c(C#N)c(-c3c[nH]c4ccccc34)c2c1N. The van der Waals surface area contributed by atoms with Crippen molar-refractivity contribution in [3.63, 3.8) is 0 Å². The van der Waals surface area contributed by atoms with Crippen molar-refractivity contribution in [3.05, 3.63) is 40.9 Å². The molecule has 3 heterocycles. The number of H-pyrrole nitrogens is 1. The van der Waals surface area contributed by atoms with E-state index in [9.17, 15) is 10.5 Å². The second-order valence-electron chi connectivity index (χ2n) is 5.24. The van der Waals surface area contributed by atoms with Gasteiger partial charge in [0.25, 0.3) is 0 Å². The molecule has 0 aliphatic rings. The minimum Gasteiger partial charge on any atom is -0.396 e. The summed E-state index contributed by atoms with van der Waals surface area (Å²) in [5.74, 6) is 0.135. The van der Waals surface area contributed by atoms with E-state index in [0.717, 1.165) is 16.5 Å². The zero-order chi connectivity index (χ0) is 16.8. The lowest BCUT2D eigenvalue weighted by Gasteiger charge is -2.08. The van der Waals surface area contributed by atoms with Crippen molar-refractivity contribution in [1.82, 2.24) is 9.97 Å². The topological polar surface area (TPSA) is 128 Å². The highest BCUT2D eigenvalue weighted by molar-refractivity contribution is 7.20. The number of rotatable bonds is 1. The molecule has 0 radical (unpaired) electrons. The van der Waals surface area contributed by atoms with Crippen LogP contribution in [0.15, 0.2) is 30.5 Å². The van der Waals surface area contributed by atoms with Gasteiger partial charge in [-0.2, -0.15) is 10.5 Å². The van der Waals surface area contributed by atoms with Crippen molar-refractivity contribution in [1.29, 1.82) is 10.5 Å². The Kier molecular flexibility index (Phi) is 2.92. The van der Waals surface area contributed by atoms with Crippen LogP contribution in [0, 0.1) is 22.7 Å². The van der Waals surface area contributed by atoms with Gasteiger partial charge in [-0.15, -0.1) is 11.3 Å². The van der Waals surface area contributed by atoms with Crippen LogP contribution in [0.3, 0.4) is 0 Å². The fourth-order valence-electron chi connectivity index (χ4n) is 2.91. The molecule has 0 fully saturated rings. The van der Waals surface area contributed by atoms with Crippen molar-refractivity contribution in [2.24, 2.45) is 0 Å². The number of thiophene rings is 1. The van der Waals surface area contributed by atoms with Gasteiger partial charge in [0.05, 0.1) is 5.69 Å². The molecule has 0 saturated heterocycles. The molecule has 0 atom stereocenters. The number of nitrogens with zero attached hydrogens (tertiary/aromatic N) is 3. The van der Waals surface area contributed by atoms with Crippen molar-refractivity contribution in [2.75, 3.05) is 11.5 Å². The number of nitrogen functional groups attached to an aromatic ring is 2. The van der Waals surface area contributed by atoms with Crippen LogP contribution < -0.4 is 11.5 Å². The summed E-state index contributed by atoms with van der Waals surface area (Å²) >= 11 is 1.18. The molecule has 114 valence electrons. The summed E-state index contributed by atoms with van der Waals surface area (Å²) in [6.45, 7) is 0. The van der Waals surface area contributed by atoms with Gasteiger partial charge in [0.15, 0.2) is 0 Å². The van der Waals surface area contributed by atoms with Crippen LogP contribution in [0.25, 0.3) is 32.2 Å². The van der Waals surface area contributed by atoms with Crippen molar-refractivity contribution in [2.45, 2.75) is 0 Å². The number of aromatic nitrogens is 2. The Morgan fingerprint density at radius 3 is 2.67 bits per heavy atom. The van der Waals surface area contributed by atoms with Crippen LogP contribution in [0.2, 0.25) is 0 Å². The third-order valence-corrected chi connectivity index (χ3v) is 4.98. The van der Waals surface area contributed by atoms with Gasteiger partial charge in [-0.1, -0.05) is 18.2 Å². The van der Waals surface area contributed by atoms with Gasteiger partial charge in [0, 0.05) is 33.6 Å². The van der Waals surface area contributed by atoms with Crippen LogP contribution in [-0.4, -0.2) is 9.97 Å². The maximum absolute atomic E-state index is 9.60. The van der Waals surface area contributed by atoms with E-state index in [1.165, 1.54) is 11.3 Å². The van der Waals surface area contributed by atoms with Gasteiger partial charge < -0.3 is 16.5 Å². The summed E-state index contributed by atoms with van der Waals surface area (Å²) < 4.78 is 0. The van der Waals surface area contributed by atoms with Crippen LogP contribution in [-0.2, 0) is 0 Å². The Balaban J connectivity index is 2.24. The van der Waals surface area contributed by atoms with Gasteiger partial charge >= 0.3 is 0 Å². The number of pyridine rings is 1. The number of nitriles is 2. The molecule has 0 spiro atoms. The van der Waals surface area contributed by atoms with E-state index >= 15 is 0 Å². The number of para-hydroxylation sites is 1. The molecule has 0 aliphatic carbocycles. The highest BCUT2D eigenvalue weighted by Gasteiger charge is 2.23. The predicted octanol–water partition coefficient (Wildman–Crippen LogP) is 3.35. The van der Waals surface area contributed by atoms with Gasteiger partial charge in [-0.25, -0.2) is 4.98 Å². The largest absolute Gasteiger partial charge is 0.396 e. The molecule has 5 N–H and O–H groups in total. The third-order valence-electron chi connectivity index (χ3n) is 3.98. The minimum absolute atomic E-state index is 0.135. The first-order valence-corrected chi connectivity index (χ1v) is 7.85. The van der Waals surface area contributed by atoms with Crippen molar-refractivity contribution >= 4 is 44.0 Å². The Labute approximate surface area is 140 Å². The molecule has 0 aliphatic heterocycles. The summed E-state index contributed by atoms with van der Waals surface area (Å²) in [4.78, 5) is 8.37. The molecule has 1 aromatic carbocycles. The van der Waals surface area contributed by atoms with Gasteiger partial charge in [-0.05, 0) is 6.07 Å². The average Bonchev–Trinajstić information content (AvgIpc) is 3.15. The molecule has 0 saturated carbocycles. The molecule has 0 unspecified atom stereocenters. The van der Waals surface area contributed by atoms with Gasteiger partial charge in [-0.3, -0.25) is 0 Å². The Hall–Kier alpha value is -3.55. The zero-order valence-corrected chi connectivity index (χ0v) is 13.1. The lowest BCUT2D eigenvalue weighted by molar-refractivity contribution is 1.39. The molecule has 4 rings (SSSR count). The molecular formula is C17H10N6S. The average molecular weight is 330 g/mol. The predicted molar refractivity (Wildman–Crippen MR) is 95.2 cm³/mol. The molecule has 4 aromatic rings. The first-order chi connectivity index (χ1) is 11.7. The second-order valence-corrected chi connectivity index (χ2v) is 6.24. The normalized spacial score (nSPS) is 10.8. The molecule has 0 bridgehead atoms. The first kappa shape index (κ1) is 14.1. The molecular weight excluding hydrogens is 320 g/mol. The first-order valence-electron chi connectivity index (χ1n) is 7.03. The van der Waals surface area contributed by atoms with Crippen molar-refractivity contribution in [3.8, 4) is 23.3 Å². The van der Waals surface area contributed by atoms with Gasteiger partial charge in [0.1, 0.15) is 33.2 Å². The van der Waals surface area contributed by atoms with Crippen LogP contribution >= 0.6 is 11.3 Å². The number of nitrogens with two attached hydrogens (primary N) is 2. The molecule has 3 aromatic heterocycles. The molecule has 6 nitrogen and oxygen atoms in total. The monoisotopic (exact) mass is 330 g/mol. The Morgan fingerprint density at radius 1 is 1.12 bits per heavy atom. The number of benzene rings is 1. The number of hydrogen-bond donors (Lipinski definition) is 3. The number of anilines is 2. The van der Waals surface area contributed by atoms with Gasteiger partial charge in [0.2, 0.25) is 0 Å². The van der Waals surface area contributed by atoms with E-state index in [2.05, 4.69) is 22.1 Å². The summed E-state index contributed by atoms with van der Waals surface area (Å²) in [5, 5.41) is 20.4. The Bertz CT molecular complexity index is 1200. The van der Waals surface area contributed by atoms with Crippen LogP contribution in [0.5, 0.6) is 0 Å². The number of nitrogens with one attached hydrogen (secondary N) is 1. The van der Waals surface area contributed by atoms with E-state index in [-0.39, 0.29) is 11.4 Å². The fourth-order valence-corrected chi connectivity index (χ4v) is 3.82. The van der Waals surface area contributed by atoms with Crippen LogP contribution in [0.1, 0.15) is 10.4 Å². The molecule has 0 amide bonds.